The van der Waals surface area contributed by atoms with E-state index in [1.54, 1.807) is 10.9 Å². The molecule has 0 unspecified atom stereocenters. The van der Waals surface area contributed by atoms with Crippen LogP contribution in [0, 0.1) is 5.92 Å². The lowest BCUT2D eigenvalue weighted by Crippen LogP contribution is -2.36. The first-order valence-corrected chi connectivity index (χ1v) is 8.91. The molecule has 1 aliphatic rings. The molecule has 0 aliphatic carbocycles. The maximum atomic E-state index is 12.6. The van der Waals surface area contributed by atoms with E-state index < -0.39 is 0 Å². The van der Waals surface area contributed by atoms with Gasteiger partial charge < -0.3 is 14.0 Å². The van der Waals surface area contributed by atoms with Crippen LogP contribution in [0.2, 0.25) is 0 Å². The highest BCUT2D eigenvalue weighted by molar-refractivity contribution is 7.07. The zero-order valence-corrected chi connectivity index (χ0v) is 14.0. The van der Waals surface area contributed by atoms with Gasteiger partial charge in [0.1, 0.15) is 5.69 Å². The molecular weight excluding hydrogens is 324 g/mol. The lowest BCUT2D eigenvalue weighted by molar-refractivity contribution is 0.0732. The third kappa shape index (κ3) is 3.05. The van der Waals surface area contributed by atoms with Gasteiger partial charge in [-0.2, -0.15) is 0 Å². The highest BCUT2D eigenvalue weighted by atomic mass is 32.1. The second kappa shape index (κ2) is 6.70. The van der Waals surface area contributed by atoms with E-state index in [1.165, 1.54) is 11.3 Å². The third-order valence-corrected chi connectivity index (χ3v) is 4.88. The topological polar surface area (TPSA) is 59.7 Å². The van der Waals surface area contributed by atoms with Crippen molar-refractivity contribution in [1.82, 2.24) is 19.3 Å². The standard InChI is InChI=1S/C17H18N4O2S/c22-17(15-11-24-12-19-15)21-6-7-23-10-13(9-21)8-14-16-2-1-4-20(16)5-3-18-14/h1-5,11-13H,6-10H2/t13-/m1/s1. The Bertz CT molecular complexity index is 830. The van der Waals surface area contributed by atoms with Crippen molar-refractivity contribution in [3.05, 3.63) is 53.0 Å². The molecular formula is C17H18N4O2S. The van der Waals surface area contributed by atoms with E-state index in [2.05, 4.69) is 20.4 Å². The van der Waals surface area contributed by atoms with E-state index in [4.69, 9.17) is 4.74 Å². The molecule has 3 aromatic heterocycles. The molecule has 1 saturated heterocycles. The monoisotopic (exact) mass is 342 g/mol. The van der Waals surface area contributed by atoms with Crippen LogP contribution in [0.5, 0.6) is 0 Å². The predicted octanol–water partition coefficient (Wildman–Crippen LogP) is 2.12. The Morgan fingerprint density at radius 1 is 1.38 bits per heavy atom. The van der Waals surface area contributed by atoms with Crippen LogP contribution >= 0.6 is 11.3 Å². The van der Waals surface area contributed by atoms with E-state index >= 15 is 0 Å². The van der Waals surface area contributed by atoms with E-state index in [1.807, 2.05) is 29.6 Å². The third-order valence-electron chi connectivity index (χ3n) is 4.29. The maximum absolute atomic E-state index is 12.6. The average molecular weight is 342 g/mol. The predicted molar refractivity (Wildman–Crippen MR) is 91.2 cm³/mol. The Balaban J connectivity index is 1.52. The minimum Gasteiger partial charge on any atom is -0.379 e. The molecule has 1 fully saturated rings. The highest BCUT2D eigenvalue weighted by Gasteiger charge is 2.25. The molecule has 0 bridgehead atoms. The fourth-order valence-electron chi connectivity index (χ4n) is 3.13. The quantitative estimate of drug-likeness (QED) is 0.731. The second-order valence-electron chi connectivity index (χ2n) is 5.94. The van der Waals surface area contributed by atoms with Gasteiger partial charge in [0.05, 0.1) is 29.9 Å². The number of fused-ring (bicyclic) bond motifs is 1. The van der Waals surface area contributed by atoms with Gasteiger partial charge in [0.25, 0.3) is 5.91 Å². The molecule has 124 valence electrons. The minimum atomic E-state index is -0.0133. The fraction of sp³-hybridized carbons (Fsp3) is 0.353. The number of thiazole rings is 1. The minimum absolute atomic E-state index is 0.0133. The lowest BCUT2D eigenvalue weighted by Gasteiger charge is -2.23. The molecule has 6 nitrogen and oxygen atoms in total. The molecule has 0 spiro atoms. The number of aromatic nitrogens is 3. The van der Waals surface area contributed by atoms with E-state index in [0.717, 1.165) is 17.6 Å². The van der Waals surface area contributed by atoms with Crippen molar-refractivity contribution in [2.24, 2.45) is 5.92 Å². The molecule has 7 heteroatoms. The van der Waals surface area contributed by atoms with Crippen molar-refractivity contribution < 1.29 is 9.53 Å². The van der Waals surface area contributed by atoms with Gasteiger partial charge in [0, 0.05) is 43.0 Å². The lowest BCUT2D eigenvalue weighted by atomic mass is 10.0. The number of hydrogen-bond acceptors (Lipinski definition) is 5. The van der Waals surface area contributed by atoms with Crippen LogP contribution in [-0.4, -0.2) is 51.5 Å². The number of hydrogen-bond donors (Lipinski definition) is 0. The summed E-state index contributed by atoms with van der Waals surface area (Å²) in [4.78, 5) is 23.1. The Labute approximate surface area is 143 Å². The molecule has 1 atom stereocenters. The molecule has 0 N–H and O–H groups in total. The van der Waals surface area contributed by atoms with Crippen molar-refractivity contribution >= 4 is 22.8 Å². The average Bonchev–Trinajstić information content (AvgIpc) is 3.24. The summed E-state index contributed by atoms with van der Waals surface area (Å²) >= 11 is 1.44. The molecule has 4 rings (SSSR count). The molecule has 1 amide bonds. The smallest absolute Gasteiger partial charge is 0.273 e. The zero-order valence-electron chi connectivity index (χ0n) is 13.2. The number of nitrogens with zero attached hydrogens (tertiary/aromatic N) is 4. The van der Waals surface area contributed by atoms with Crippen molar-refractivity contribution in [3.8, 4) is 0 Å². The van der Waals surface area contributed by atoms with Gasteiger partial charge in [0.15, 0.2) is 0 Å². The van der Waals surface area contributed by atoms with Crippen LogP contribution in [0.25, 0.3) is 5.52 Å². The van der Waals surface area contributed by atoms with Crippen molar-refractivity contribution in [1.29, 1.82) is 0 Å². The fourth-order valence-corrected chi connectivity index (χ4v) is 3.65. The van der Waals surface area contributed by atoms with Gasteiger partial charge in [-0.15, -0.1) is 11.3 Å². The molecule has 0 aromatic carbocycles. The van der Waals surface area contributed by atoms with Gasteiger partial charge in [-0.3, -0.25) is 9.78 Å². The van der Waals surface area contributed by atoms with Crippen LogP contribution in [0.15, 0.2) is 41.6 Å². The first kappa shape index (κ1) is 15.3. The van der Waals surface area contributed by atoms with Crippen molar-refractivity contribution in [2.45, 2.75) is 6.42 Å². The summed E-state index contributed by atoms with van der Waals surface area (Å²) in [6, 6.07) is 4.08. The number of carbonyl (C=O) groups excluding carboxylic acids is 1. The Hall–Kier alpha value is -2.25. The van der Waals surface area contributed by atoms with Gasteiger partial charge in [-0.05, 0) is 18.6 Å². The van der Waals surface area contributed by atoms with Gasteiger partial charge in [-0.1, -0.05) is 0 Å². The Morgan fingerprint density at radius 2 is 2.33 bits per heavy atom. The number of amides is 1. The van der Waals surface area contributed by atoms with Crippen molar-refractivity contribution in [3.63, 3.8) is 0 Å². The van der Waals surface area contributed by atoms with Gasteiger partial charge in [-0.25, -0.2) is 4.98 Å². The normalized spacial score (nSPS) is 18.7. The number of carbonyl (C=O) groups is 1. The maximum Gasteiger partial charge on any atom is 0.273 e. The molecule has 3 aromatic rings. The molecule has 1 aliphatic heterocycles. The second-order valence-corrected chi connectivity index (χ2v) is 6.66. The van der Waals surface area contributed by atoms with E-state index in [0.29, 0.717) is 32.0 Å². The van der Waals surface area contributed by atoms with Crippen molar-refractivity contribution in [2.75, 3.05) is 26.3 Å². The van der Waals surface area contributed by atoms with Crippen LogP contribution in [0.3, 0.4) is 0 Å². The number of ether oxygens (including phenoxy) is 1. The van der Waals surface area contributed by atoms with E-state index in [-0.39, 0.29) is 11.8 Å². The van der Waals surface area contributed by atoms with E-state index in [9.17, 15) is 4.79 Å². The molecule has 24 heavy (non-hydrogen) atoms. The first-order chi connectivity index (χ1) is 11.8. The van der Waals surface area contributed by atoms with Gasteiger partial charge in [0.2, 0.25) is 0 Å². The molecule has 4 heterocycles. The summed E-state index contributed by atoms with van der Waals surface area (Å²) in [6.45, 7) is 2.48. The summed E-state index contributed by atoms with van der Waals surface area (Å²) in [7, 11) is 0. The van der Waals surface area contributed by atoms with Crippen LogP contribution in [0.1, 0.15) is 16.2 Å². The SMILES string of the molecule is O=C(c1cscn1)N1CCOC[C@H](Cc2nccn3cccc23)C1. The highest BCUT2D eigenvalue weighted by Crippen LogP contribution is 2.18. The summed E-state index contributed by atoms with van der Waals surface area (Å²) in [5.41, 5.74) is 4.36. The Kier molecular flexibility index (Phi) is 4.27. The zero-order chi connectivity index (χ0) is 16.4. The molecule has 0 saturated carbocycles. The summed E-state index contributed by atoms with van der Waals surface area (Å²) in [5, 5.41) is 1.80. The Morgan fingerprint density at radius 3 is 3.21 bits per heavy atom. The van der Waals surface area contributed by atoms with Crippen LogP contribution in [-0.2, 0) is 11.2 Å². The summed E-state index contributed by atoms with van der Waals surface area (Å²) < 4.78 is 7.79. The van der Waals surface area contributed by atoms with Crippen LogP contribution < -0.4 is 0 Å². The van der Waals surface area contributed by atoms with Crippen LogP contribution in [0.4, 0.5) is 0 Å². The van der Waals surface area contributed by atoms with Gasteiger partial charge >= 0.3 is 0 Å². The largest absolute Gasteiger partial charge is 0.379 e. The summed E-state index contributed by atoms with van der Waals surface area (Å²) in [5.74, 6) is 0.212. The first-order valence-electron chi connectivity index (χ1n) is 7.97. The molecule has 0 radical (unpaired) electrons. The number of rotatable bonds is 3. The summed E-state index contributed by atoms with van der Waals surface area (Å²) in [6.07, 6.45) is 6.57.